The second-order valence-corrected chi connectivity index (χ2v) is 5.49. The minimum Gasteiger partial charge on any atom is -0.496 e. The van der Waals surface area contributed by atoms with Gasteiger partial charge in [0, 0.05) is 17.2 Å². The molecule has 2 rings (SSSR count). The normalized spacial score (nSPS) is 19.5. The summed E-state index contributed by atoms with van der Waals surface area (Å²) in [7, 11) is 3.49. The summed E-state index contributed by atoms with van der Waals surface area (Å²) in [5, 5.41) is 3.57. The molecule has 1 unspecified atom stereocenters. The third-order valence-electron chi connectivity index (χ3n) is 3.89. The van der Waals surface area contributed by atoms with Gasteiger partial charge in [-0.05, 0) is 37.4 Å². The molecule has 1 aromatic rings. The lowest BCUT2D eigenvalue weighted by Gasteiger charge is -2.27. The molecule has 3 heteroatoms. The maximum atomic E-state index is 5.59. The Hall–Kier alpha value is -1.22. The minimum atomic E-state index is 0.388. The number of rotatable bonds is 4. The zero-order chi connectivity index (χ0) is 13.8. The smallest absolute Gasteiger partial charge is 0.124 e. The van der Waals surface area contributed by atoms with Crippen LogP contribution in [0.1, 0.15) is 56.2 Å². The molecule has 1 heterocycles. The van der Waals surface area contributed by atoms with E-state index in [1.165, 1.54) is 30.4 Å². The standard InChI is InChI=1S/C16H25NO2/c1-11(2)12-9-16(19-4)13(10-15(12)18-3)14-7-5-6-8-17-14/h9-11,14,17H,5-8H2,1-4H3. The monoisotopic (exact) mass is 263 g/mol. The van der Waals surface area contributed by atoms with E-state index in [0.717, 1.165) is 18.0 Å². The van der Waals surface area contributed by atoms with Crippen molar-refractivity contribution in [1.82, 2.24) is 5.32 Å². The largest absolute Gasteiger partial charge is 0.496 e. The first-order valence-corrected chi connectivity index (χ1v) is 7.16. The van der Waals surface area contributed by atoms with Crippen LogP contribution in [-0.2, 0) is 0 Å². The van der Waals surface area contributed by atoms with Crippen LogP contribution in [0.25, 0.3) is 0 Å². The number of hydrogen-bond donors (Lipinski definition) is 1. The van der Waals surface area contributed by atoms with Gasteiger partial charge in [0.15, 0.2) is 0 Å². The van der Waals surface area contributed by atoms with E-state index in [-0.39, 0.29) is 0 Å². The SMILES string of the molecule is COc1cc(C2CCCCN2)c(OC)cc1C(C)C. The Morgan fingerprint density at radius 1 is 1.11 bits per heavy atom. The summed E-state index contributed by atoms with van der Waals surface area (Å²) >= 11 is 0. The molecule has 0 aliphatic carbocycles. The minimum absolute atomic E-state index is 0.388. The second kappa shape index (κ2) is 6.29. The lowest BCUT2D eigenvalue weighted by Crippen LogP contribution is -2.27. The highest BCUT2D eigenvalue weighted by Gasteiger charge is 2.21. The highest BCUT2D eigenvalue weighted by molar-refractivity contribution is 5.49. The molecule has 19 heavy (non-hydrogen) atoms. The molecule has 1 saturated heterocycles. The van der Waals surface area contributed by atoms with Crippen molar-refractivity contribution in [2.45, 2.75) is 45.1 Å². The fourth-order valence-corrected chi connectivity index (χ4v) is 2.79. The fourth-order valence-electron chi connectivity index (χ4n) is 2.79. The highest BCUT2D eigenvalue weighted by atomic mass is 16.5. The summed E-state index contributed by atoms with van der Waals surface area (Å²) in [4.78, 5) is 0. The molecule has 1 aromatic carbocycles. The molecule has 106 valence electrons. The summed E-state index contributed by atoms with van der Waals surface area (Å²) in [6.07, 6.45) is 3.70. The molecule has 1 atom stereocenters. The van der Waals surface area contributed by atoms with E-state index in [4.69, 9.17) is 9.47 Å². The van der Waals surface area contributed by atoms with Gasteiger partial charge in [-0.1, -0.05) is 20.3 Å². The van der Waals surface area contributed by atoms with Crippen molar-refractivity contribution < 1.29 is 9.47 Å². The van der Waals surface area contributed by atoms with E-state index < -0.39 is 0 Å². The first kappa shape index (κ1) is 14.2. The van der Waals surface area contributed by atoms with Crippen molar-refractivity contribution in [2.24, 2.45) is 0 Å². The summed E-state index contributed by atoms with van der Waals surface area (Å²) in [5.41, 5.74) is 2.43. The molecule has 0 bridgehead atoms. The van der Waals surface area contributed by atoms with E-state index in [1.807, 2.05) is 0 Å². The Kier molecular flexibility index (Phi) is 4.70. The molecule has 1 fully saturated rings. The number of ether oxygens (including phenoxy) is 2. The van der Waals surface area contributed by atoms with E-state index in [9.17, 15) is 0 Å². The van der Waals surface area contributed by atoms with Gasteiger partial charge in [0.2, 0.25) is 0 Å². The van der Waals surface area contributed by atoms with Gasteiger partial charge >= 0.3 is 0 Å². The Balaban J connectivity index is 2.41. The Bertz CT molecular complexity index is 423. The Morgan fingerprint density at radius 3 is 2.37 bits per heavy atom. The molecule has 0 aromatic heterocycles. The van der Waals surface area contributed by atoms with Crippen LogP contribution in [0.5, 0.6) is 11.5 Å². The van der Waals surface area contributed by atoms with Crippen LogP contribution in [0.3, 0.4) is 0 Å². The molecule has 1 aliphatic rings. The van der Waals surface area contributed by atoms with Crippen LogP contribution in [0, 0.1) is 0 Å². The van der Waals surface area contributed by atoms with Crippen molar-refractivity contribution in [1.29, 1.82) is 0 Å². The number of methoxy groups -OCH3 is 2. The van der Waals surface area contributed by atoms with E-state index >= 15 is 0 Å². The third kappa shape index (κ3) is 3.03. The molecule has 1 N–H and O–H groups in total. The maximum absolute atomic E-state index is 5.59. The van der Waals surface area contributed by atoms with Crippen molar-refractivity contribution in [2.75, 3.05) is 20.8 Å². The predicted molar refractivity (Wildman–Crippen MR) is 78.2 cm³/mol. The van der Waals surface area contributed by atoms with Gasteiger partial charge in [-0.3, -0.25) is 0 Å². The lowest BCUT2D eigenvalue weighted by atomic mass is 9.93. The van der Waals surface area contributed by atoms with Crippen LogP contribution in [-0.4, -0.2) is 20.8 Å². The molecular formula is C16H25NO2. The third-order valence-corrected chi connectivity index (χ3v) is 3.89. The molecule has 0 amide bonds. The summed E-state index contributed by atoms with van der Waals surface area (Å²) in [6, 6.07) is 4.67. The van der Waals surface area contributed by atoms with Crippen molar-refractivity contribution >= 4 is 0 Å². The number of benzene rings is 1. The summed E-state index contributed by atoms with van der Waals surface area (Å²) in [6.45, 7) is 5.44. The summed E-state index contributed by atoms with van der Waals surface area (Å²) < 4.78 is 11.1. The first-order valence-electron chi connectivity index (χ1n) is 7.16. The van der Waals surface area contributed by atoms with E-state index in [2.05, 4.69) is 31.3 Å². The van der Waals surface area contributed by atoms with Gasteiger partial charge in [-0.25, -0.2) is 0 Å². The molecule has 0 radical (unpaired) electrons. The van der Waals surface area contributed by atoms with E-state index in [1.54, 1.807) is 14.2 Å². The van der Waals surface area contributed by atoms with Crippen molar-refractivity contribution in [3.8, 4) is 11.5 Å². The average Bonchev–Trinajstić information content (AvgIpc) is 2.46. The van der Waals surface area contributed by atoms with Crippen molar-refractivity contribution in [3.63, 3.8) is 0 Å². The van der Waals surface area contributed by atoms with Crippen LogP contribution < -0.4 is 14.8 Å². The lowest BCUT2D eigenvalue weighted by molar-refractivity contribution is 0.365. The summed E-state index contributed by atoms with van der Waals surface area (Å²) in [5.74, 6) is 2.37. The molecule has 3 nitrogen and oxygen atoms in total. The van der Waals surface area contributed by atoms with Crippen LogP contribution in [0.15, 0.2) is 12.1 Å². The van der Waals surface area contributed by atoms with Crippen LogP contribution >= 0.6 is 0 Å². The van der Waals surface area contributed by atoms with Gasteiger partial charge in [0.25, 0.3) is 0 Å². The zero-order valence-electron chi connectivity index (χ0n) is 12.5. The Labute approximate surface area is 116 Å². The first-order chi connectivity index (χ1) is 9.17. The van der Waals surface area contributed by atoms with Gasteiger partial charge < -0.3 is 14.8 Å². The van der Waals surface area contributed by atoms with Gasteiger partial charge in [-0.2, -0.15) is 0 Å². The zero-order valence-corrected chi connectivity index (χ0v) is 12.5. The molecule has 0 spiro atoms. The fraction of sp³-hybridized carbons (Fsp3) is 0.625. The quantitative estimate of drug-likeness (QED) is 0.899. The molecular weight excluding hydrogens is 238 g/mol. The van der Waals surface area contributed by atoms with Crippen molar-refractivity contribution in [3.05, 3.63) is 23.3 Å². The second-order valence-electron chi connectivity index (χ2n) is 5.49. The maximum Gasteiger partial charge on any atom is 0.124 e. The van der Waals surface area contributed by atoms with Gasteiger partial charge in [-0.15, -0.1) is 0 Å². The Morgan fingerprint density at radius 2 is 1.84 bits per heavy atom. The average molecular weight is 263 g/mol. The van der Waals surface area contributed by atoms with Crippen LogP contribution in [0.4, 0.5) is 0 Å². The number of piperidine rings is 1. The molecule has 1 aliphatic heterocycles. The number of nitrogens with one attached hydrogen (secondary N) is 1. The van der Waals surface area contributed by atoms with Gasteiger partial charge in [0.05, 0.1) is 14.2 Å². The predicted octanol–water partition coefficient (Wildman–Crippen LogP) is 3.64. The topological polar surface area (TPSA) is 30.5 Å². The number of hydrogen-bond acceptors (Lipinski definition) is 3. The highest BCUT2D eigenvalue weighted by Crippen LogP contribution is 2.38. The molecule has 0 saturated carbocycles. The van der Waals surface area contributed by atoms with Crippen LogP contribution in [0.2, 0.25) is 0 Å². The van der Waals surface area contributed by atoms with E-state index in [0.29, 0.717) is 12.0 Å². The van der Waals surface area contributed by atoms with Gasteiger partial charge in [0.1, 0.15) is 11.5 Å².